The minimum atomic E-state index is -4.12. The van der Waals surface area contributed by atoms with Gasteiger partial charge in [-0.1, -0.05) is 42.5 Å². The van der Waals surface area contributed by atoms with Crippen LogP contribution < -0.4 is 4.72 Å². The van der Waals surface area contributed by atoms with Crippen molar-refractivity contribution in [3.63, 3.8) is 0 Å². The Balaban J connectivity index is 1.97. The van der Waals surface area contributed by atoms with Crippen molar-refractivity contribution in [2.24, 2.45) is 0 Å². The van der Waals surface area contributed by atoms with Gasteiger partial charge in [0.25, 0.3) is 0 Å². The topological polar surface area (TPSA) is 46.2 Å². The third kappa shape index (κ3) is 3.16. The number of rotatable bonds is 4. The molecule has 0 saturated heterocycles. The maximum Gasteiger partial charge on any atom is 0.244 e. The largest absolute Gasteiger partial charge is 0.244 e. The molecule has 3 aromatic carbocycles. The molecule has 6 heteroatoms. The van der Waals surface area contributed by atoms with Crippen molar-refractivity contribution < 1.29 is 17.2 Å². The molecular formula is C18H15F2NO2S. The zero-order chi connectivity index (χ0) is 17.3. The normalized spacial score (nSPS) is 13.1. The standard InChI is InChI=1S/C18H15F2NO2S/c1-12(15-8-4-6-13-5-2-3-7-16(13)15)21-24(22,23)18-10-9-14(19)11-17(18)20/h2-12,21H,1H3. The Morgan fingerprint density at radius 1 is 0.958 bits per heavy atom. The average Bonchev–Trinajstić information content (AvgIpc) is 2.53. The summed E-state index contributed by atoms with van der Waals surface area (Å²) in [6.45, 7) is 1.68. The molecule has 0 amide bonds. The number of fused-ring (bicyclic) bond motifs is 1. The van der Waals surface area contributed by atoms with Gasteiger partial charge in [0.05, 0.1) is 0 Å². The molecule has 3 rings (SSSR count). The van der Waals surface area contributed by atoms with Gasteiger partial charge in [-0.2, -0.15) is 0 Å². The van der Waals surface area contributed by atoms with E-state index >= 15 is 0 Å². The van der Waals surface area contributed by atoms with E-state index in [1.165, 1.54) is 0 Å². The summed E-state index contributed by atoms with van der Waals surface area (Å²) < 4.78 is 54.0. The molecule has 0 bridgehead atoms. The summed E-state index contributed by atoms with van der Waals surface area (Å²) in [6, 6.07) is 15.0. The SMILES string of the molecule is CC(NS(=O)(=O)c1ccc(F)cc1F)c1cccc2ccccc12. The fourth-order valence-electron chi connectivity index (χ4n) is 2.68. The van der Waals surface area contributed by atoms with Crippen LogP contribution in [0.5, 0.6) is 0 Å². The summed E-state index contributed by atoms with van der Waals surface area (Å²) in [6.07, 6.45) is 0. The lowest BCUT2D eigenvalue weighted by molar-refractivity contribution is 0.537. The molecule has 0 spiro atoms. The number of hydrogen-bond donors (Lipinski definition) is 1. The van der Waals surface area contributed by atoms with Crippen LogP contribution >= 0.6 is 0 Å². The molecule has 3 aromatic rings. The fraction of sp³-hybridized carbons (Fsp3) is 0.111. The fourth-order valence-corrected chi connectivity index (χ4v) is 3.96. The zero-order valence-corrected chi connectivity index (χ0v) is 13.6. The molecule has 0 aliphatic rings. The lowest BCUT2D eigenvalue weighted by Crippen LogP contribution is -2.27. The van der Waals surface area contributed by atoms with Gasteiger partial charge in [-0.05, 0) is 35.4 Å². The van der Waals surface area contributed by atoms with Gasteiger partial charge in [0.1, 0.15) is 16.5 Å². The van der Waals surface area contributed by atoms with Gasteiger partial charge in [-0.25, -0.2) is 21.9 Å². The van der Waals surface area contributed by atoms with E-state index in [0.717, 1.165) is 28.5 Å². The number of nitrogens with one attached hydrogen (secondary N) is 1. The van der Waals surface area contributed by atoms with Crippen LogP contribution in [-0.4, -0.2) is 8.42 Å². The van der Waals surface area contributed by atoms with E-state index in [1.807, 2.05) is 42.5 Å². The summed E-state index contributed by atoms with van der Waals surface area (Å²) in [4.78, 5) is -0.573. The van der Waals surface area contributed by atoms with E-state index in [2.05, 4.69) is 4.72 Å². The minimum absolute atomic E-state index is 0.553. The second kappa shape index (κ2) is 6.30. The summed E-state index contributed by atoms with van der Waals surface area (Å²) >= 11 is 0. The highest BCUT2D eigenvalue weighted by atomic mass is 32.2. The van der Waals surface area contributed by atoms with Crippen molar-refractivity contribution in [3.8, 4) is 0 Å². The van der Waals surface area contributed by atoms with Crippen LogP contribution in [-0.2, 0) is 10.0 Å². The van der Waals surface area contributed by atoms with E-state index in [9.17, 15) is 17.2 Å². The first kappa shape index (κ1) is 16.5. The monoisotopic (exact) mass is 347 g/mol. The lowest BCUT2D eigenvalue weighted by atomic mass is 10.0. The van der Waals surface area contributed by atoms with Gasteiger partial charge in [0, 0.05) is 12.1 Å². The molecule has 24 heavy (non-hydrogen) atoms. The van der Waals surface area contributed by atoms with Crippen LogP contribution in [0.15, 0.2) is 65.6 Å². The van der Waals surface area contributed by atoms with Gasteiger partial charge in [-0.15, -0.1) is 0 Å². The summed E-state index contributed by atoms with van der Waals surface area (Å²) in [5, 5.41) is 1.89. The Hall–Kier alpha value is -2.31. The Bertz CT molecular complexity index is 998. The van der Waals surface area contributed by atoms with Crippen molar-refractivity contribution in [3.05, 3.63) is 77.9 Å². The van der Waals surface area contributed by atoms with Crippen molar-refractivity contribution in [2.45, 2.75) is 17.9 Å². The smallest absolute Gasteiger partial charge is 0.207 e. The first-order valence-electron chi connectivity index (χ1n) is 7.33. The highest BCUT2D eigenvalue weighted by Gasteiger charge is 2.23. The van der Waals surface area contributed by atoms with Crippen molar-refractivity contribution >= 4 is 20.8 Å². The van der Waals surface area contributed by atoms with Crippen LogP contribution in [0, 0.1) is 11.6 Å². The molecule has 3 nitrogen and oxygen atoms in total. The van der Waals surface area contributed by atoms with Crippen LogP contribution in [0.2, 0.25) is 0 Å². The summed E-state index contributed by atoms with van der Waals surface area (Å²) in [7, 11) is -4.12. The summed E-state index contributed by atoms with van der Waals surface area (Å²) in [5.41, 5.74) is 0.777. The highest BCUT2D eigenvalue weighted by molar-refractivity contribution is 7.89. The van der Waals surface area contributed by atoms with Crippen LogP contribution in [0.3, 0.4) is 0 Å². The van der Waals surface area contributed by atoms with E-state index in [-0.39, 0.29) is 0 Å². The maximum absolute atomic E-state index is 13.8. The number of sulfonamides is 1. The average molecular weight is 347 g/mol. The molecule has 0 aliphatic heterocycles. The lowest BCUT2D eigenvalue weighted by Gasteiger charge is -2.17. The molecule has 0 aromatic heterocycles. The second-order valence-corrected chi connectivity index (χ2v) is 7.17. The summed E-state index contributed by atoms with van der Waals surface area (Å²) in [5.74, 6) is -1.94. The molecule has 1 atom stereocenters. The van der Waals surface area contributed by atoms with Gasteiger partial charge in [-0.3, -0.25) is 0 Å². The van der Waals surface area contributed by atoms with Crippen LogP contribution in [0.25, 0.3) is 10.8 Å². The second-order valence-electron chi connectivity index (χ2n) is 5.49. The Labute approximate surface area is 139 Å². The molecule has 0 aliphatic carbocycles. The Morgan fingerprint density at radius 2 is 1.67 bits per heavy atom. The van der Waals surface area contributed by atoms with Crippen molar-refractivity contribution in [2.75, 3.05) is 0 Å². The molecule has 0 fully saturated rings. The van der Waals surface area contributed by atoms with Crippen LogP contribution in [0.1, 0.15) is 18.5 Å². The molecule has 0 saturated carbocycles. The maximum atomic E-state index is 13.8. The molecule has 1 unspecified atom stereocenters. The van der Waals surface area contributed by atoms with Gasteiger partial charge in [0.15, 0.2) is 0 Å². The third-order valence-corrected chi connectivity index (χ3v) is 5.38. The Morgan fingerprint density at radius 3 is 2.42 bits per heavy atom. The number of hydrogen-bond acceptors (Lipinski definition) is 2. The van der Waals surface area contributed by atoms with Crippen LogP contribution in [0.4, 0.5) is 8.78 Å². The highest BCUT2D eigenvalue weighted by Crippen LogP contribution is 2.26. The van der Waals surface area contributed by atoms with E-state index in [0.29, 0.717) is 6.07 Å². The minimum Gasteiger partial charge on any atom is -0.207 e. The first-order chi connectivity index (χ1) is 11.4. The van der Waals surface area contributed by atoms with Gasteiger partial charge in [0.2, 0.25) is 10.0 Å². The van der Waals surface area contributed by atoms with E-state index in [4.69, 9.17) is 0 Å². The Kier molecular flexibility index (Phi) is 4.34. The van der Waals surface area contributed by atoms with Gasteiger partial charge < -0.3 is 0 Å². The number of benzene rings is 3. The predicted molar refractivity (Wildman–Crippen MR) is 89.0 cm³/mol. The molecule has 1 N–H and O–H groups in total. The molecule has 0 heterocycles. The zero-order valence-electron chi connectivity index (χ0n) is 12.8. The third-order valence-electron chi connectivity index (χ3n) is 3.81. The van der Waals surface area contributed by atoms with E-state index < -0.39 is 32.6 Å². The molecular weight excluding hydrogens is 332 g/mol. The molecule has 0 radical (unpaired) electrons. The van der Waals surface area contributed by atoms with Crippen molar-refractivity contribution in [1.82, 2.24) is 4.72 Å². The van der Waals surface area contributed by atoms with Crippen molar-refractivity contribution in [1.29, 1.82) is 0 Å². The number of halogens is 2. The van der Waals surface area contributed by atoms with Gasteiger partial charge >= 0.3 is 0 Å². The molecule has 124 valence electrons. The predicted octanol–water partition coefficient (Wildman–Crippen LogP) is 4.16. The van der Waals surface area contributed by atoms with E-state index in [1.54, 1.807) is 6.92 Å². The first-order valence-corrected chi connectivity index (χ1v) is 8.82. The quantitative estimate of drug-likeness (QED) is 0.770.